The molecule has 5 nitrogen and oxygen atoms in total. The van der Waals surface area contributed by atoms with Crippen molar-refractivity contribution in [2.45, 2.75) is 44.9 Å². The standard InChI is InChI=1S/C20H24N4OS2/c1-4-16(15-10-8-14(3)9-11-15)21-18(25)13-27-20-23-22-19(24(20)5-2)17-7-6-12-26-17/h6-12,16H,4-5,13H2,1-3H3,(H,21,25)/t16-/m0/s1. The first-order chi connectivity index (χ1) is 13.1. The van der Waals surface area contributed by atoms with Crippen molar-refractivity contribution < 1.29 is 4.79 Å². The average molecular weight is 401 g/mol. The Balaban J connectivity index is 1.63. The van der Waals surface area contributed by atoms with E-state index in [0.29, 0.717) is 5.75 Å². The highest BCUT2D eigenvalue weighted by Crippen LogP contribution is 2.27. The van der Waals surface area contributed by atoms with Gasteiger partial charge < -0.3 is 9.88 Å². The van der Waals surface area contributed by atoms with Crippen LogP contribution in [0.1, 0.15) is 37.4 Å². The number of hydrogen-bond donors (Lipinski definition) is 1. The summed E-state index contributed by atoms with van der Waals surface area (Å²) in [4.78, 5) is 13.6. The van der Waals surface area contributed by atoms with Crippen LogP contribution in [0.4, 0.5) is 0 Å². The number of hydrogen-bond acceptors (Lipinski definition) is 5. The molecule has 1 atom stereocenters. The second-order valence-corrected chi connectivity index (χ2v) is 8.15. The fraction of sp³-hybridized carbons (Fsp3) is 0.350. The fourth-order valence-corrected chi connectivity index (χ4v) is 4.39. The van der Waals surface area contributed by atoms with Crippen molar-refractivity contribution in [3.8, 4) is 10.7 Å². The minimum absolute atomic E-state index is 0.00996. The minimum Gasteiger partial charge on any atom is -0.349 e. The van der Waals surface area contributed by atoms with E-state index in [9.17, 15) is 4.79 Å². The van der Waals surface area contributed by atoms with Crippen LogP contribution in [-0.2, 0) is 11.3 Å². The number of rotatable bonds is 8. The summed E-state index contributed by atoms with van der Waals surface area (Å²) in [6.45, 7) is 6.98. The van der Waals surface area contributed by atoms with Gasteiger partial charge in [-0.3, -0.25) is 4.79 Å². The van der Waals surface area contributed by atoms with Crippen LogP contribution < -0.4 is 5.32 Å². The first-order valence-corrected chi connectivity index (χ1v) is 10.9. The summed E-state index contributed by atoms with van der Waals surface area (Å²) < 4.78 is 2.06. The monoisotopic (exact) mass is 400 g/mol. The largest absolute Gasteiger partial charge is 0.349 e. The van der Waals surface area contributed by atoms with Gasteiger partial charge in [-0.15, -0.1) is 21.5 Å². The fourth-order valence-electron chi connectivity index (χ4n) is 2.85. The van der Waals surface area contributed by atoms with Gasteiger partial charge in [-0.25, -0.2) is 0 Å². The lowest BCUT2D eigenvalue weighted by atomic mass is 10.0. The molecule has 142 valence electrons. The van der Waals surface area contributed by atoms with E-state index in [-0.39, 0.29) is 11.9 Å². The van der Waals surface area contributed by atoms with Gasteiger partial charge in [-0.05, 0) is 37.3 Å². The zero-order valence-corrected chi connectivity index (χ0v) is 17.4. The SMILES string of the molecule is CC[C@H](NC(=O)CSc1nnc(-c2cccs2)n1CC)c1ccc(C)cc1. The van der Waals surface area contributed by atoms with E-state index in [0.717, 1.165) is 34.4 Å². The maximum atomic E-state index is 12.5. The molecule has 1 N–H and O–H groups in total. The molecule has 7 heteroatoms. The molecule has 2 heterocycles. The highest BCUT2D eigenvalue weighted by molar-refractivity contribution is 7.99. The first-order valence-electron chi connectivity index (χ1n) is 9.08. The topological polar surface area (TPSA) is 59.8 Å². The molecule has 0 unspecified atom stereocenters. The summed E-state index contributed by atoms with van der Waals surface area (Å²) in [6, 6.07) is 12.4. The van der Waals surface area contributed by atoms with Gasteiger partial charge in [0.25, 0.3) is 0 Å². The zero-order chi connectivity index (χ0) is 19.2. The van der Waals surface area contributed by atoms with Crippen LogP contribution >= 0.6 is 23.1 Å². The molecular formula is C20H24N4OS2. The number of aromatic nitrogens is 3. The zero-order valence-electron chi connectivity index (χ0n) is 15.8. The number of carbonyl (C=O) groups is 1. The molecule has 2 aromatic heterocycles. The molecule has 0 spiro atoms. The van der Waals surface area contributed by atoms with Crippen LogP contribution in [0.2, 0.25) is 0 Å². The molecule has 0 radical (unpaired) electrons. The Hall–Kier alpha value is -2.12. The lowest BCUT2D eigenvalue weighted by molar-refractivity contribution is -0.119. The number of thiophene rings is 1. The van der Waals surface area contributed by atoms with E-state index in [1.54, 1.807) is 11.3 Å². The van der Waals surface area contributed by atoms with E-state index < -0.39 is 0 Å². The van der Waals surface area contributed by atoms with Crippen molar-refractivity contribution >= 4 is 29.0 Å². The van der Waals surface area contributed by atoms with Crippen molar-refractivity contribution in [1.29, 1.82) is 0 Å². The third kappa shape index (κ3) is 4.78. The number of aryl methyl sites for hydroxylation is 1. The Morgan fingerprint density at radius 3 is 2.63 bits per heavy atom. The first kappa shape index (κ1) is 19.6. The number of nitrogens with one attached hydrogen (secondary N) is 1. The Bertz CT molecular complexity index is 872. The van der Waals surface area contributed by atoms with Gasteiger partial charge in [-0.1, -0.05) is 54.6 Å². The number of amides is 1. The molecule has 0 fully saturated rings. The predicted molar refractivity (Wildman–Crippen MR) is 112 cm³/mol. The quantitative estimate of drug-likeness (QED) is 0.557. The lowest BCUT2D eigenvalue weighted by Crippen LogP contribution is -2.29. The van der Waals surface area contributed by atoms with Crippen molar-refractivity contribution in [2.75, 3.05) is 5.75 Å². The summed E-state index contributed by atoms with van der Waals surface area (Å²) in [7, 11) is 0. The Labute approximate surface area is 168 Å². The predicted octanol–water partition coefficient (Wildman–Crippen LogP) is 4.69. The Kier molecular flexibility index (Phi) is 6.68. The smallest absolute Gasteiger partial charge is 0.230 e. The van der Waals surface area contributed by atoms with Crippen molar-refractivity contribution in [1.82, 2.24) is 20.1 Å². The number of nitrogens with zero attached hydrogens (tertiary/aromatic N) is 3. The van der Waals surface area contributed by atoms with Gasteiger partial charge in [0, 0.05) is 6.54 Å². The second-order valence-electron chi connectivity index (χ2n) is 6.26. The number of thioether (sulfide) groups is 1. The third-order valence-corrected chi connectivity index (χ3v) is 6.16. The lowest BCUT2D eigenvalue weighted by Gasteiger charge is -2.17. The molecule has 27 heavy (non-hydrogen) atoms. The van der Waals surface area contributed by atoms with Crippen LogP contribution in [-0.4, -0.2) is 26.4 Å². The maximum absolute atomic E-state index is 12.5. The van der Waals surface area contributed by atoms with E-state index >= 15 is 0 Å². The summed E-state index contributed by atoms with van der Waals surface area (Å²) in [6.07, 6.45) is 0.854. The van der Waals surface area contributed by atoms with Crippen LogP contribution in [0.3, 0.4) is 0 Å². The van der Waals surface area contributed by atoms with Crippen molar-refractivity contribution in [2.24, 2.45) is 0 Å². The molecule has 0 bridgehead atoms. The molecule has 1 aromatic carbocycles. The minimum atomic E-state index is 0.00996. The second kappa shape index (κ2) is 9.19. The summed E-state index contributed by atoms with van der Waals surface area (Å²) in [5.41, 5.74) is 2.36. The van der Waals surface area contributed by atoms with Gasteiger partial charge in [0.2, 0.25) is 5.91 Å². The van der Waals surface area contributed by atoms with Crippen LogP contribution in [0.5, 0.6) is 0 Å². The average Bonchev–Trinajstić information content (AvgIpc) is 3.34. The number of benzene rings is 1. The molecule has 1 amide bonds. The highest BCUT2D eigenvalue weighted by Gasteiger charge is 2.17. The molecule has 3 aromatic rings. The van der Waals surface area contributed by atoms with Gasteiger partial charge in [-0.2, -0.15) is 0 Å². The van der Waals surface area contributed by atoms with Crippen LogP contribution in [0.25, 0.3) is 10.7 Å². The van der Waals surface area contributed by atoms with Crippen molar-refractivity contribution in [3.05, 3.63) is 52.9 Å². The molecule has 3 rings (SSSR count). The van der Waals surface area contributed by atoms with Gasteiger partial charge in [0.1, 0.15) is 0 Å². The normalized spacial score (nSPS) is 12.1. The summed E-state index contributed by atoms with van der Waals surface area (Å²) >= 11 is 3.07. The van der Waals surface area contributed by atoms with Crippen molar-refractivity contribution in [3.63, 3.8) is 0 Å². The molecule has 0 aliphatic heterocycles. The van der Waals surface area contributed by atoms with E-state index in [4.69, 9.17) is 0 Å². The van der Waals surface area contributed by atoms with E-state index in [1.165, 1.54) is 17.3 Å². The van der Waals surface area contributed by atoms with Gasteiger partial charge in [0.15, 0.2) is 11.0 Å². The molecule has 0 aliphatic carbocycles. The summed E-state index contributed by atoms with van der Waals surface area (Å²) in [5.74, 6) is 1.20. The highest BCUT2D eigenvalue weighted by atomic mass is 32.2. The summed E-state index contributed by atoms with van der Waals surface area (Å²) in [5, 5.41) is 14.5. The van der Waals surface area contributed by atoms with Gasteiger partial charge in [0.05, 0.1) is 16.7 Å². The Morgan fingerprint density at radius 2 is 2.00 bits per heavy atom. The molecule has 0 saturated heterocycles. The van der Waals surface area contributed by atoms with Crippen LogP contribution in [0.15, 0.2) is 46.9 Å². The van der Waals surface area contributed by atoms with Gasteiger partial charge >= 0.3 is 0 Å². The third-order valence-electron chi connectivity index (χ3n) is 4.33. The molecule has 0 aliphatic rings. The molecule has 0 saturated carbocycles. The maximum Gasteiger partial charge on any atom is 0.230 e. The molecular weight excluding hydrogens is 376 g/mol. The number of carbonyl (C=O) groups excluding carboxylic acids is 1. The van der Waals surface area contributed by atoms with Crippen LogP contribution in [0, 0.1) is 6.92 Å². The van der Waals surface area contributed by atoms with E-state index in [1.807, 2.05) is 17.5 Å². The van der Waals surface area contributed by atoms with E-state index in [2.05, 4.69) is 65.1 Å². The Morgan fingerprint density at radius 1 is 1.22 bits per heavy atom.